The van der Waals surface area contributed by atoms with E-state index in [1.165, 1.54) is 0 Å². The van der Waals surface area contributed by atoms with Crippen LogP contribution in [0.3, 0.4) is 0 Å². The van der Waals surface area contributed by atoms with Crippen LogP contribution in [0.5, 0.6) is 0 Å². The zero-order valence-electron chi connectivity index (χ0n) is 19.3. The van der Waals surface area contributed by atoms with Crippen molar-refractivity contribution >= 4 is 18.0 Å². The summed E-state index contributed by atoms with van der Waals surface area (Å²) in [4.78, 5) is 36.6. The zero-order valence-corrected chi connectivity index (χ0v) is 19.3. The Bertz CT molecular complexity index is 958. The summed E-state index contributed by atoms with van der Waals surface area (Å²) >= 11 is 0. The molecule has 0 aromatic heterocycles. The fourth-order valence-corrected chi connectivity index (χ4v) is 4.28. The molecule has 0 aliphatic heterocycles. The molecule has 176 valence electrons. The maximum absolute atomic E-state index is 12.6. The maximum Gasteiger partial charge on any atom is 0.407 e. The van der Waals surface area contributed by atoms with Crippen molar-refractivity contribution in [2.24, 2.45) is 11.8 Å². The number of carbonyl (C=O) groups is 3. The summed E-state index contributed by atoms with van der Waals surface area (Å²) in [6.07, 6.45) is 0.438. The number of amides is 2. The highest BCUT2D eigenvalue weighted by Gasteiger charge is 2.30. The van der Waals surface area contributed by atoms with E-state index in [-0.39, 0.29) is 25.0 Å². The number of benzene rings is 2. The standard InChI is InChI=1S/C26H32N2O5/c1-4-9-23(24(29)27-14-21(16(2)3)25(30)31)28-26(32)33-15-22-19-12-7-5-10-17(19)18-11-6-8-13-20(18)22/h5-8,10-13,16,21-23H,4,9,14-15H2,1-3H3,(H,27,29)(H,28,32)(H,30,31)/t21?,23-/m1/s1. The molecule has 1 aliphatic carbocycles. The highest BCUT2D eigenvalue weighted by molar-refractivity contribution is 5.86. The third kappa shape index (κ3) is 5.72. The Morgan fingerprint density at radius 2 is 1.58 bits per heavy atom. The molecule has 0 fully saturated rings. The maximum atomic E-state index is 12.6. The average Bonchev–Trinajstić information content (AvgIpc) is 3.10. The fraction of sp³-hybridized carbons (Fsp3) is 0.423. The molecule has 0 spiro atoms. The third-order valence-electron chi connectivity index (χ3n) is 6.15. The molecule has 2 aromatic rings. The van der Waals surface area contributed by atoms with Crippen LogP contribution < -0.4 is 10.6 Å². The Morgan fingerprint density at radius 1 is 1.00 bits per heavy atom. The quantitative estimate of drug-likeness (QED) is 0.502. The number of carboxylic acids is 1. The third-order valence-corrected chi connectivity index (χ3v) is 6.15. The summed E-state index contributed by atoms with van der Waals surface area (Å²) in [5.74, 6) is -2.24. The number of fused-ring (bicyclic) bond motifs is 3. The monoisotopic (exact) mass is 452 g/mol. The summed E-state index contributed by atoms with van der Waals surface area (Å²) in [7, 11) is 0. The molecule has 1 aliphatic rings. The zero-order chi connectivity index (χ0) is 24.0. The van der Waals surface area contributed by atoms with Crippen molar-refractivity contribution in [3.63, 3.8) is 0 Å². The van der Waals surface area contributed by atoms with Crippen LogP contribution in [0, 0.1) is 11.8 Å². The number of hydrogen-bond donors (Lipinski definition) is 3. The second-order valence-electron chi connectivity index (χ2n) is 8.75. The van der Waals surface area contributed by atoms with Crippen LogP contribution in [0.25, 0.3) is 11.1 Å². The van der Waals surface area contributed by atoms with Crippen LogP contribution in [0.15, 0.2) is 48.5 Å². The van der Waals surface area contributed by atoms with Crippen molar-refractivity contribution in [3.8, 4) is 11.1 Å². The van der Waals surface area contributed by atoms with E-state index < -0.39 is 29.9 Å². The summed E-state index contributed by atoms with van der Waals surface area (Å²) in [5.41, 5.74) is 4.51. The van der Waals surface area contributed by atoms with E-state index >= 15 is 0 Å². The first-order valence-corrected chi connectivity index (χ1v) is 11.5. The Balaban J connectivity index is 1.60. The SMILES string of the molecule is CCC[C@@H](NC(=O)OCC1c2ccccc2-c2ccccc21)C(=O)NCC(C(=O)O)C(C)C. The molecule has 3 rings (SSSR count). The highest BCUT2D eigenvalue weighted by Crippen LogP contribution is 2.44. The Labute approximate surface area is 194 Å². The van der Waals surface area contributed by atoms with Gasteiger partial charge in [0, 0.05) is 12.5 Å². The lowest BCUT2D eigenvalue weighted by Gasteiger charge is -2.21. The van der Waals surface area contributed by atoms with Gasteiger partial charge in [-0.25, -0.2) is 4.79 Å². The first kappa shape index (κ1) is 24.3. The number of ether oxygens (including phenoxy) is 1. The number of rotatable bonds is 10. The predicted molar refractivity (Wildman–Crippen MR) is 126 cm³/mol. The van der Waals surface area contributed by atoms with Gasteiger partial charge < -0.3 is 20.5 Å². The van der Waals surface area contributed by atoms with Gasteiger partial charge in [0.2, 0.25) is 5.91 Å². The minimum atomic E-state index is -0.957. The number of carboxylic acid groups (broad SMARTS) is 1. The number of aliphatic carboxylic acids is 1. The van der Waals surface area contributed by atoms with Crippen LogP contribution >= 0.6 is 0 Å². The lowest BCUT2D eigenvalue weighted by Crippen LogP contribution is -2.48. The van der Waals surface area contributed by atoms with Gasteiger partial charge in [-0.1, -0.05) is 75.7 Å². The predicted octanol–water partition coefficient (Wildman–Crippen LogP) is 4.17. The molecule has 3 N–H and O–H groups in total. The van der Waals surface area contributed by atoms with Gasteiger partial charge in [-0.2, -0.15) is 0 Å². The van der Waals surface area contributed by atoms with Crippen molar-refractivity contribution in [1.82, 2.24) is 10.6 Å². The summed E-state index contributed by atoms with van der Waals surface area (Å²) in [5, 5.41) is 14.6. The summed E-state index contributed by atoms with van der Waals surface area (Å²) in [6, 6.07) is 15.4. The lowest BCUT2D eigenvalue weighted by molar-refractivity contribution is -0.143. The first-order valence-electron chi connectivity index (χ1n) is 11.5. The number of hydrogen-bond acceptors (Lipinski definition) is 4. The minimum absolute atomic E-state index is 0.0123. The molecule has 2 atom stereocenters. The first-order chi connectivity index (χ1) is 15.8. The Morgan fingerprint density at radius 3 is 2.09 bits per heavy atom. The van der Waals surface area contributed by atoms with Gasteiger partial charge in [0.05, 0.1) is 5.92 Å². The van der Waals surface area contributed by atoms with Crippen molar-refractivity contribution in [1.29, 1.82) is 0 Å². The van der Waals surface area contributed by atoms with E-state index in [1.807, 2.05) is 43.3 Å². The number of nitrogens with one attached hydrogen (secondary N) is 2. The Hall–Kier alpha value is -3.35. The highest BCUT2D eigenvalue weighted by atomic mass is 16.5. The molecule has 0 bridgehead atoms. The van der Waals surface area contributed by atoms with E-state index in [0.29, 0.717) is 12.8 Å². The lowest BCUT2D eigenvalue weighted by atomic mass is 9.96. The van der Waals surface area contributed by atoms with Gasteiger partial charge in [-0.3, -0.25) is 9.59 Å². The molecule has 7 nitrogen and oxygen atoms in total. The van der Waals surface area contributed by atoms with Gasteiger partial charge >= 0.3 is 12.1 Å². The van der Waals surface area contributed by atoms with E-state index in [9.17, 15) is 19.5 Å². The minimum Gasteiger partial charge on any atom is -0.481 e. The largest absolute Gasteiger partial charge is 0.481 e. The van der Waals surface area contributed by atoms with Crippen molar-refractivity contribution in [3.05, 3.63) is 59.7 Å². The van der Waals surface area contributed by atoms with Gasteiger partial charge in [-0.15, -0.1) is 0 Å². The molecular formula is C26H32N2O5. The van der Waals surface area contributed by atoms with Gasteiger partial charge in [-0.05, 0) is 34.6 Å². The molecule has 1 unspecified atom stereocenters. The van der Waals surface area contributed by atoms with Crippen LogP contribution in [-0.4, -0.2) is 42.3 Å². The second-order valence-corrected chi connectivity index (χ2v) is 8.75. The number of alkyl carbamates (subject to hydrolysis) is 1. The molecule has 33 heavy (non-hydrogen) atoms. The van der Waals surface area contributed by atoms with Crippen LogP contribution in [-0.2, 0) is 14.3 Å². The van der Waals surface area contributed by atoms with Crippen molar-refractivity contribution in [2.45, 2.75) is 45.6 Å². The van der Waals surface area contributed by atoms with Crippen LogP contribution in [0.2, 0.25) is 0 Å². The van der Waals surface area contributed by atoms with Gasteiger partial charge in [0.1, 0.15) is 12.6 Å². The smallest absolute Gasteiger partial charge is 0.407 e. The average molecular weight is 453 g/mol. The fourth-order valence-electron chi connectivity index (χ4n) is 4.28. The molecule has 2 amide bonds. The molecular weight excluding hydrogens is 420 g/mol. The van der Waals surface area contributed by atoms with E-state index in [2.05, 4.69) is 22.8 Å². The normalized spacial score (nSPS) is 14.2. The van der Waals surface area contributed by atoms with Crippen molar-refractivity contribution in [2.75, 3.05) is 13.2 Å². The van der Waals surface area contributed by atoms with Crippen LogP contribution in [0.1, 0.15) is 50.7 Å². The van der Waals surface area contributed by atoms with E-state index in [0.717, 1.165) is 22.3 Å². The summed E-state index contributed by atoms with van der Waals surface area (Å²) < 4.78 is 5.54. The summed E-state index contributed by atoms with van der Waals surface area (Å²) in [6.45, 7) is 5.67. The molecule has 2 aromatic carbocycles. The van der Waals surface area contributed by atoms with Gasteiger partial charge in [0.25, 0.3) is 0 Å². The van der Waals surface area contributed by atoms with Crippen LogP contribution in [0.4, 0.5) is 4.79 Å². The number of carbonyl (C=O) groups excluding carboxylic acids is 2. The molecule has 0 heterocycles. The Kier molecular flexibility index (Phi) is 8.09. The molecule has 0 radical (unpaired) electrons. The topological polar surface area (TPSA) is 105 Å². The molecule has 0 saturated carbocycles. The second kappa shape index (κ2) is 11.0. The molecule has 0 saturated heterocycles. The van der Waals surface area contributed by atoms with Crippen molar-refractivity contribution < 1.29 is 24.2 Å². The van der Waals surface area contributed by atoms with E-state index in [1.54, 1.807) is 13.8 Å². The molecule has 7 heteroatoms. The van der Waals surface area contributed by atoms with Gasteiger partial charge in [0.15, 0.2) is 0 Å². The van der Waals surface area contributed by atoms with E-state index in [4.69, 9.17) is 4.74 Å².